The average Bonchev–Trinajstić information content (AvgIpc) is 3.45. The van der Waals surface area contributed by atoms with Gasteiger partial charge in [-0.25, -0.2) is 0 Å². The number of carbonyl (C=O) groups is 3. The lowest BCUT2D eigenvalue weighted by molar-refractivity contribution is -0.167. The molecule has 0 amide bonds. The second kappa shape index (κ2) is 65.8. The van der Waals surface area contributed by atoms with Crippen LogP contribution in [-0.4, -0.2) is 37.2 Å². The van der Waals surface area contributed by atoms with Crippen molar-refractivity contribution in [3.8, 4) is 0 Å². The standard InChI is InChI=1S/C73H118O6/c1-4-7-10-13-16-19-22-25-28-31-32-33-34-35-36-37-38-39-40-43-45-48-51-54-57-60-63-66-72(75)78-69-70(79-73(76)67-64-61-58-55-52-49-46-42-30-27-24-21-18-15-12-9-6-3)68-77-71(74)65-62-59-56-53-50-47-44-41-29-26-23-20-17-14-11-8-5-2/h7,9-10,12,16,18-19,21,25-30,32-33,35-36,38-39,46,49,55,58,70H,4-6,8,11,13-15,17,20,22-24,31,34,37,40-45,47-48,50-54,56-57,59-69H2,1-3H3/b10-7-,12-9-,19-16-,21-18-,28-25-,29-26-,30-27-,33-32-,36-35-,39-38-,49-46-,58-55-. The number of esters is 3. The van der Waals surface area contributed by atoms with Crippen LogP contribution in [0.2, 0.25) is 0 Å². The molecule has 79 heavy (non-hydrogen) atoms. The van der Waals surface area contributed by atoms with Gasteiger partial charge in [0.25, 0.3) is 0 Å². The van der Waals surface area contributed by atoms with Crippen LogP contribution in [-0.2, 0) is 28.6 Å². The summed E-state index contributed by atoms with van der Waals surface area (Å²) in [5.74, 6) is -0.981. The summed E-state index contributed by atoms with van der Waals surface area (Å²) in [5.41, 5.74) is 0. The Hall–Kier alpha value is -4.71. The molecular formula is C73H118O6. The van der Waals surface area contributed by atoms with E-state index < -0.39 is 6.10 Å². The van der Waals surface area contributed by atoms with E-state index in [9.17, 15) is 14.4 Å². The fourth-order valence-corrected chi connectivity index (χ4v) is 8.54. The molecule has 1 unspecified atom stereocenters. The lowest BCUT2D eigenvalue weighted by Crippen LogP contribution is -2.30. The van der Waals surface area contributed by atoms with Crippen molar-refractivity contribution in [3.05, 3.63) is 146 Å². The number of ether oxygens (including phenoxy) is 3. The number of allylic oxidation sites excluding steroid dienone is 24. The van der Waals surface area contributed by atoms with Crippen molar-refractivity contribution >= 4 is 17.9 Å². The van der Waals surface area contributed by atoms with Gasteiger partial charge in [-0.2, -0.15) is 0 Å². The van der Waals surface area contributed by atoms with Gasteiger partial charge in [0.05, 0.1) is 0 Å². The van der Waals surface area contributed by atoms with Gasteiger partial charge in [-0.3, -0.25) is 14.4 Å². The molecular weight excluding hydrogens is 973 g/mol. The maximum absolute atomic E-state index is 12.9. The lowest BCUT2D eigenvalue weighted by atomic mass is 10.1. The molecule has 0 rings (SSSR count). The zero-order valence-corrected chi connectivity index (χ0v) is 51.1. The van der Waals surface area contributed by atoms with E-state index in [-0.39, 0.29) is 37.5 Å². The summed E-state index contributed by atoms with van der Waals surface area (Å²) in [6.07, 6.45) is 94.3. The van der Waals surface area contributed by atoms with E-state index in [0.29, 0.717) is 19.3 Å². The first kappa shape index (κ1) is 74.3. The van der Waals surface area contributed by atoms with E-state index >= 15 is 0 Å². The van der Waals surface area contributed by atoms with Crippen LogP contribution >= 0.6 is 0 Å². The van der Waals surface area contributed by atoms with Crippen LogP contribution in [0.25, 0.3) is 0 Å². The Morgan fingerprint density at radius 2 is 0.506 bits per heavy atom. The van der Waals surface area contributed by atoms with E-state index in [1.54, 1.807) is 0 Å². The van der Waals surface area contributed by atoms with Gasteiger partial charge in [0.15, 0.2) is 6.10 Å². The largest absolute Gasteiger partial charge is 0.462 e. The first-order valence-electron chi connectivity index (χ1n) is 32.3. The van der Waals surface area contributed by atoms with E-state index in [2.05, 4.69) is 167 Å². The third-order valence-electron chi connectivity index (χ3n) is 13.3. The number of rotatable bonds is 57. The van der Waals surface area contributed by atoms with Crippen LogP contribution in [0, 0.1) is 0 Å². The van der Waals surface area contributed by atoms with E-state index in [0.717, 1.165) is 122 Å². The van der Waals surface area contributed by atoms with Crippen LogP contribution in [0.15, 0.2) is 146 Å². The van der Waals surface area contributed by atoms with E-state index in [4.69, 9.17) is 14.2 Å². The van der Waals surface area contributed by atoms with Crippen LogP contribution in [0.5, 0.6) is 0 Å². The molecule has 0 N–H and O–H groups in total. The van der Waals surface area contributed by atoms with Crippen LogP contribution in [0.4, 0.5) is 0 Å². The molecule has 6 heteroatoms. The highest BCUT2D eigenvalue weighted by molar-refractivity contribution is 5.71. The smallest absolute Gasteiger partial charge is 0.306 e. The molecule has 0 aliphatic heterocycles. The molecule has 6 nitrogen and oxygen atoms in total. The van der Waals surface area contributed by atoms with E-state index in [1.807, 2.05) is 0 Å². The van der Waals surface area contributed by atoms with E-state index in [1.165, 1.54) is 109 Å². The zero-order valence-electron chi connectivity index (χ0n) is 51.1. The molecule has 0 aliphatic rings. The van der Waals surface area contributed by atoms with Crippen LogP contribution in [0.1, 0.15) is 278 Å². The molecule has 0 spiro atoms. The summed E-state index contributed by atoms with van der Waals surface area (Å²) in [6, 6.07) is 0. The Labute approximate surface area is 487 Å². The molecule has 0 saturated heterocycles. The summed E-state index contributed by atoms with van der Waals surface area (Å²) < 4.78 is 16.9. The lowest BCUT2D eigenvalue weighted by Gasteiger charge is -2.18. The highest BCUT2D eigenvalue weighted by atomic mass is 16.6. The summed E-state index contributed by atoms with van der Waals surface area (Å²) in [6.45, 7) is 6.36. The van der Waals surface area contributed by atoms with Gasteiger partial charge in [0, 0.05) is 19.3 Å². The molecule has 0 aromatic heterocycles. The van der Waals surface area contributed by atoms with Crippen molar-refractivity contribution in [3.63, 3.8) is 0 Å². The van der Waals surface area contributed by atoms with Crippen molar-refractivity contribution in [2.45, 2.75) is 284 Å². The zero-order chi connectivity index (χ0) is 57.1. The van der Waals surface area contributed by atoms with Crippen molar-refractivity contribution in [2.24, 2.45) is 0 Å². The highest BCUT2D eigenvalue weighted by Crippen LogP contribution is 2.15. The predicted octanol–water partition coefficient (Wildman–Crippen LogP) is 22.3. The predicted molar refractivity (Wildman–Crippen MR) is 343 cm³/mol. The maximum Gasteiger partial charge on any atom is 0.306 e. The van der Waals surface area contributed by atoms with Gasteiger partial charge >= 0.3 is 17.9 Å². The van der Waals surface area contributed by atoms with Crippen LogP contribution in [0.3, 0.4) is 0 Å². The number of hydrogen-bond donors (Lipinski definition) is 0. The molecule has 0 bridgehead atoms. The quantitative estimate of drug-likeness (QED) is 0.0261. The fourth-order valence-electron chi connectivity index (χ4n) is 8.54. The van der Waals surface area contributed by atoms with Gasteiger partial charge < -0.3 is 14.2 Å². The summed E-state index contributed by atoms with van der Waals surface area (Å²) in [7, 11) is 0. The third kappa shape index (κ3) is 64.0. The van der Waals surface area contributed by atoms with Crippen molar-refractivity contribution in [2.75, 3.05) is 13.2 Å². The minimum absolute atomic E-state index is 0.110. The minimum atomic E-state index is -0.820. The first-order chi connectivity index (χ1) is 39.0. The summed E-state index contributed by atoms with van der Waals surface area (Å²) in [4.78, 5) is 38.3. The minimum Gasteiger partial charge on any atom is -0.462 e. The summed E-state index contributed by atoms with van der Waals surface area (Å²) in [5, 5.41) is 0. The normalized spacial score (nSPS) is 13.1. The molecule has 0 radical (unpaired) electrons. The molecule has 0 aromatic rings. The Balaban J connectivity index is 4.45. The number of hydrogen-bond acceptors (Lipinski definition) is 6. The molecule has 446 valence electrons. The topological polar surface area (TPSA) is 78.9 Å². The fraction of sp³-hybridized carbons (Fsp3) is 0.630. The molecule has 0 aromatic carbocycles. The van der Waals surface area contributed by atoms with Crippen molar-refractivity contribution in [1.82, 2.24) is 0 Å². The van der Waals surface area contributed by atoms with Crippen molar-refractivity contribution in [1.29, 1.82) is 0 Å². The number of unbranched alkanes of at least 4 members (excludes halogenated alkanes) is 22. The molecule has 1 atom stereocenters. The summed E-state index contributed by atoms with van der Waals surface area (Å²) >= 11 is 0. The Morgan fingerprint density at radius 3 is 0.823 bits per heavy atom. The van der Waals surface area contributed by atoms with Gasteiger partial charge in [-0.05, 0) is 135 Å². The molecule has 0 heterocycles. The maximum atomic E-state index is 12.9. The molecule has 0 saturated carbocycles. The van der Waals surface area contributed by atoms with Gasteiger partial charge in [-0.1, -0.05) is 269 Å². The van der Waals surface area contributed by atoms with Crippen molar-refractivity contribution < 1.29 is 28.6 Å². The van der Waals surface area contributed by atoms with Crippen LogP contribution < -0.4 is 0 Å². The van der Waals surface area contributed by atoms with Gasteiger partial charge in [0.1, 0.15) is 13.2 Å². The highest BCUT2D eigenvalue weighted by Gasteiger charge is 2.19. The molecule has 0 aliphatic carbocycles. The second-order valence-electron chi connectivity index (χ2n) is 20.9. The van der Waals surface area contributed by atoms with Gasteiger partial charge in [0.2, 0.25) is 0 Å². The second-order valence-corrected chi connectivity index (χ2v) is 20.9. The number of carbonyl (C=O) groups excluding carboxylic acids is 3. The Bertz CT molecular complexity index is 1730. The van der Waals surface area contributed by atoms with Gasteiger partial charge in [-0.15, -0.1) is 0 Å². The average molecular weight is 1090 g/mol. The monoisotopic (exact) mass is 1090 g/mol. The molecule has 0 fully saturated rings. The SMILES string of the molecule is CC/C=C\C/C=C\C/C=C\C/C=C\C/C=C\C/C=C\CCCCCCCCCCC(=O)OCC(COC(=O)CCCCCCCCC/C=C\CCCCCCCC)OC(=O)CCC/C=C\C/C=C\C/C=C\C/C=C\C/C=C\CC. The Morgan fingerprint density at radius 1 is 0.266 bits per heavy atom. The Kier molecular flexibility index (Phi) is 61.9. The first-order valence-corrected chi connectivity index (χ1v) is 32.3. The third-order valence-corrected chi connectivity index (χ3v) is 13.3.